The number of amides is 1. The molecule has 0 aliphatic carbocycles. The van der Waals surface area contributed by atoms with E-state index < -0.39 is 21.5 Å². The predicted octanol–water partition coefficient (Wildman–Crippen LogP) is 3.23. The summed E-state index contributed by atoms with van der Waals surface area (Å²) in [6, 6.07) is 1.35. The molecule has 130 valence electrons. The van der Waals surface area contributed by atoms with E-state index in [1.165, 1.54) is 0 Å². The van der Waals surface area contributed by atoms with Crippen molar-refractivity contribution >= 4 is 34.7 Å². The molecule has 23 heavy (non-hydrogen) atoms. The second-order valence-corrected chi connectivity index (χ2v) is 9.76. The molecule has 1 amide bonds. The van der Waals surface area contributed by atoms with Gasteiger partial charge in [0.15, 0.2) is 11.0 Å². The average molecular weight is 361 g/mol. The quantitative estimate of drug-likeness (QED) is 0.804. The van der Waals surface area contributed by atoms with Gasteiger partial charge in [0.1, 0.15) is 4.75 Å². The topological polar surface area (TPSA) is 90.0 Å². The molecule has 1 unspecified atom stereocenters. The second-order valence-electron chi connectivity index (χ2n) is 7.40. The number of carbonyl (C=O) groups excluding carboxylic acids is 1. The van der Waals surface area contributed by atoms with Gasteiger partial charge in [-0.2, -0.15) is 0 Å². The normalized spacial score (nSPS) is 15.2. The zero-order valence-corrected chi connectivity index (χ0v) is 16.2. The van der Waals surface area contributed by atoms with E-state index in [4.69, 9.17) is 11.6 Å². The van der Waals surface area contributed by atoms with Crippen LogP contribution in [0.3, 0.4) is 0 Å². The standard InChI is InChI=1S/C15H25ClN4O2S/c1-9(20-23(22)15(5,6)7)10-8-11(18-19-12(10)16)17-13(21)14(2,3)4/h8-9,20H,1-7H3,(H,17,18,21)/t9-,23?/m1/s1. The molecule has 0 saturated heterocycles. The molecule has 0 aromatic carbocycles. The Morgan fingerprint density at radius 3 is 2.30 bits per heavy atom. The predicted molar refractivity (Wildman–Crippen MR) is 94.6 cm³/mol. The zero-order valence-electron chi connectivity index (χ0n) is 14.7. The number of hydrogen-bond donors (Lipinski definition) is 2. The molecule has 1 aromatic rings. The third-order valence-electron chi connectivity index (χ3n) is 3.01. The van der Waals surface area contributed by atoms with Crippen LogP contribution in [0.5, 0.6) is 0 Å². The first kappa shape index (κ1) is 20.2. The number of nitrogens with zero attached hydrogens (tertiary/aromatic N) is 2. The van der Waals surface area contributed by atoms with Gasteiger partial charge in [0.05, 0.1) is 6.04 Å². The van der Waals surface area contributed by atoms with Crippen LogP contribution in [0.25, 0.3) is 0 Å². The molecular weight excluding hydrogens is 336 g/mol. The lowest BCUT2D eigenvalue weighted by molar-refractivity contribution is -0.123. The zero-order chi connectivity index (χ0) is 18.0. The summed E-state index contributed by atoms with van der Waals surface area (Å²) in [7, 11) is 0. The average Bonchev–Trinajstić information content (AvgIpc) is 2.38. The number of halogens is 1. The van der Waals surface area contributed by atoms with Crippen molar-refractivity contribution in [1.82, 2.24) is 14.9 Å². The molecule has 0 spiro atoms. The third kappa shape index (κ3) is 5.91. The number of hydrogen-bond acceptors (Lipinski definition) is 5. The first-order valence-electron chi connectivity index (χ1n) is 7.35. The summed E-state index contributed by atoms with van der Waals surface area (Å²) >= 11 is 4.84. The fraction of sp³-hybridized carbons (Fsp3) is 0.667. The minimum atomic E-state index is -1.25. The Balaban J connectivity index is 2.95. The van der Waals surface area contributed by atoms with Gasteiger partial charge in [-0.3, -0.25) is 4.79 Å². The second kappa shape index (κ2) is 7.34. The Morgan fingerprint density at radius 1 is 1.26 bits per heavy atom. The van der Waals surface area contributed by atoms with E-state index in [-0.39, 0.29) is 17.1 Å². The van der Waals surface area contributed by atoms with Gasteiger partial charge in [-0.1, -0.05) is 32.4 Å². The van der Waals surface area contributed by atoms with E-state index >= 15 is 0 Å². The highest BCUT2D eigenvalue weighted by molar-refractivity contribution is 7.90. The summed E-state index contributed by atoms with van der Waals surface area (Å²) in [6.07, 6.45) is 0. The molecule has 6 nitrogen and oxygen atoms in total. The van der Waals surface area contributed by atoms with E-state index in [0.717, 1.165) is 0 Å². The maximum Gasteiger partial charge on any atom is 0.230 e. The van der Waals surface area contributed by atoms with Crippen molar-refractivity contribution in [3.63, 3.8) is 0 Å². The van der Waals surface area contributed by atoms with Gasteiger partial charge >= 0.3 is 0 Å². The lowest BCUT2D eigenvalue weighted by atomic mass is 9.96. The van der Waals surface area contributed by atoms with Crippen LogP contribution >= 0.6 is 11.6 Å². The van der Waals surface area contributed by atoms with Crippen molar-refractivity contribution < 1.29 is 9.35 Å². The van der Waals surface area contributed by atoms with Crippen LogP contribution < -0.4 is 10.0 Å². The van der Waals surface area contributed by atoms with Crippen molar-refractivity contribution in [2.24, 2.45) is 5.41 Å². The third-order valence-corrected chi connectivity index (χ3v) is 4.98. The van der Waals surface area contributed by atoms with E-state index in [1.807, 2.05) is 48.5 Å². The molecule has 2 N–H and O–H groups in total. The maximum absolute atomic E-state index is 12.2. The van der Waals surface area contributed by atoms with Gasteiger partial charge in [0.2, 0.25) is 5.91 Å². The minimum absolute atomic E-state index is 0.168. The summed E-state index contributed by atoms with van der Waals surface area (Å²) in [4.78, 5) is 12.0. The Kier molecular flexibility index (Phi) is 6.43. The Labute approximate surface area is 146 Å². The van der Waals surface area contributed by atoms with Crippen LogP contribution in [-0.2, 0) is 16.2 Å². The van der Waals surface area contributed by atoms with Crippen molar-refractivity contribution in [2.45, 2.75) is 59.3 Å². The van der Waals surface area contributed by atoms with Crippen LogP contribution in [0.4, 0.5) is 5.82 Å². The first-order valence-corrected chi connectivity index (χ1v) is 8.88. The first-order chi connectivity index (χ1) is 10.3. The van der Waals surface area contributed by atoms with E-state index in [0.29, 0.717) is 11.4 Å². The number of carbonyl (C=O) groups is 1. The fourth-order valence-electron chi connectivity index (χ4n) is 1.46. The Morgan fingerprint density at radius 2 is 1.83 bits per heavy atom. The largest absolute Gasteiger partial charge is 0.598 e. The smallest absolute Gasteiger partial charge is 0.230 e. The summed E-state index contributed by atoms with van der Waals surface area (Å²) < 4.78 is 14.8. The van der Waals surface area contributed by atoms with Crippen molar-refractivity contribution in [3.05, 3.63) is 16.8 Å². The summed E-state index contributed by atoms with van der Waals surface area (Å²) in [5.41, 5.74) is 0.0856. The van der Waals surface area contributed by atoms with Gasteiger partial charge in [-0.15, -0.1) is 14.9 Å². The van der Waals surface area contributed by atoms with Crippen molar-refractivity contribution in [3.8, 4) is 0 Å². The van der Waals surface area contributed by atoms with Crippen LogP contribution in [0.1, 0.15) is 60.1 Å². The SMILES string of the molecule is C[C@@H](N[S+]([O-])C(C)(C)C)c1cc(NC(=O)C(C)(C)C)nnc1Cl. The molecule has 1 aromatic heterocycles. The van der Waals surface area contributed by atoms with Gasteiger partial charge in [0, 0.05) is 22.3 Å². The molecule has 8 heteroatoms. The van der Waals surface area contributed by atoms with E-state index in [2.05, 4.69) is 20.2 Å². The summed E-state index contributed by atoms with van der Waals surface area (Å²) in [5, 5.41) is 10.7. The highest BCUT2D eigenvalue weighted by Gasteiger charge is 2.29. The lowest BCUT2D eigenvalue weighted by Crippen LogP contribution is -2.40. The van der Waals surface area contributed by atoms with E-state index in [9.17, 15) is 9.35 Å². The molecule has 0 saturated carbocycles. The van der Waals surface area contributed by atoms with Crippen molar-refractivity contribution in [1.29, 1.82) is 0 Å². The number of aromatic nitrogens is 2. The van der Waals surface area contributed by atoms with Crippen LogP contribution in [0, 0.1) is 5.41 Å². The summed E-state index contributed by atoms with van der Waals surface area (Å²) in [6.45, 7) is 12.9. The summed E-state index contributed by atoms with van der Waals surface area (Å²) in [5.74, 6) is 0.151. The van der Waals surface area contributed by atoms with Crippen molar-refractivity contribution in [2.75, 3.05) is 5.32 Å². The number of nitrogens with one attached hydrogen (secondary N) is 2. The fourth-order valence-corrected chi connectivity index (χ4v) is 2.52. The van der Waals surface area contributed by atoms with Gasteiger partial charge < -0.3 is 9.87 Å². The van der Waals surface area contributed by atoms with Crippen LogP contribution in [0.2, 0.25) is 5.15 Å². The molecule has 0 fully saturated rings. The van der Waals surface area contributed by atoms with Gasteiger partial charge in [0.25, 0.3) is 0 Å². The molecule has 0 bridgehead atoms. The molecule has 2 atom stereocenters. The maximum atomic E-state index is 12.2. The molecule has 1 heterocycles. The molecule has 0 aliphatic rings. The highest BCUT2D eigenvalue weighted by Crippen LogP contribution is 2.26. The number of rotatable bonds is 4. The molecule has 0 aliphatic heterocycles. The monoisotopic (exact) mass is 360 g/mol. The lowest BCUT2D eigenvalue weighted by Gasteiger charge is -2.26. The van der Waals surface area contributed by atoms with Gasteiger partial charge in [-0.25, -0.2) is 0 Å². The Hall–Kier alpha value is -0.890. The van der Waals surface area contributed by atoms with E-state index in [1.54, 1.807) is 6.07 Å². The molecule has 1 rings (SSSR count). The Bertz CT molecular complexity index is 570. The van der Waals surface area contributed by atoms with Gasteiger partial charge in [-0.05, 0) is 33.8 Å². The molecular formula is C15H25ClN4O2S. The van der Waals surface area contributed by atoms with Crippen LogP contribution in [-0.4, -0.2) is 25.4 Å². The number of anilines is 1. The molecule has 0 radical (unpaired) electrons. The minimum Gasteiger partial charge on any atom is -0.598 e. The van der Waals surface area contributed by atoms with Crippen LogP contribution in [0.15, 0.2) is 6.07 Å². The highest BCUT2D eigenvalue weighted by atomic mass is 35.5.